The second-order valence-corrected chi connectivity index (χ2v) is 6.37. The van der Waals surface area contributed by atoms with Crippen LogP contribution in [0.15, 0.2) is 70.9 Å². The molecular weight excluding hydrogens is 344 g/mol. The fourth-order valence-corrected chi connectivity index (χ4v) is 2.79. The number of amides is 4. The van der Waals surface area contributed by atoms with Gasteiger partial charge in [0.05, 0.1) is 12.8 Å². The molecule has 1 aliphatic rings. The van der Waals surface area contributed by atoms with Gasteiger partial charge >= 0.3 is 6.03 Å². The van der Waals surface area contributed by atoms with Crippen LogP contribution in [0, 0.1) is 0 Å². The van der Waals surface area contributed by atoms with E-state index in [4.69, 9.17) is 4.42 Å². The lowest BCUT2D eigenvalue weighted by atomic mass is 10.1. The molecule has 1 fully saturated rings. The monoisotopic (exact) mass is 364 g/mol. The van der Waals surface area contributed by atoms with E-state index in [0.717, 1.165) is 15.4 Å². The summed E-state index contributed by atoms with van der Waals surface area (Å²) in [6.07, 6.45) is 6.36. The Morgan fingerprint density at radius 2 is 1.74 bits per heavy atom. The number of urea groups is 1. The van der Waals surface area contributed by atoms with E-state index in [9.17, 15) is 14.4 Å². The number of imide groups is 2. The van der Waals surface area contributed by atoms with Crippen LogP contribution in [0.3, 0.4) is 0 Å². The van der Waals surface area contributed by atoms with E-state index < -0.39 is 17.8 Å². The Bertz CT molecular complexity index is 896. The number of furan rings is 1. The van der Waals surface area contributed by atoms with E-state index in [1.807, 2.05) is 30.3 Å². The summed E-state index contributed by atoms with van der Waals surface area (Å²) in [6.45, 7) is 3.43. The largest absolute Gasteiger partial charge is 0.467 e. The van der Waals surface area contributed by atoms with E-state index in [0.29, 0.717) is 5.76 Å². The van der Waals surface area contributed by atoms with E-state index in [-0.39, 0.29) is 18.2 Å². The minimum Gasteiger partial charge on any atom is -0.467 e. The first-order valence-electron chi connectivity index (χ1n) is 8.64. The molecule has 0 unspecified atom stereocenters. The number of barbiturate groups is 1. The van der Waals surface area contributed by atoms with Crippen molar-refractivity contribution in [3.05, 3.63) is 77.8 Å². The van der Waals surface area contributed by atoms with Crippen molar-refractivity contribution in [1.82, 2.24) is 9.80 Å². The number of allylic oxidation sites excluding steroid dienone is 2. The lowest BCUT2D eigenvalue weighted by molar-refractivity contribution is -0.137. The molecular formula is C21H20N2O4. The number of hydrogen-bond donors (Lipinski definition) is 0. The first-order valence-corrected chi connectivity index (χ1v) is 8.64. The molecule has 138 valence electrons. The lowest BCUT2D eigenvalue weighted by Gasteiger charge is -2.35. The Hall–Kier alpha value is -3.41. The molecule has 27 heavy (non-hydrogen) atoms. The quantitative estimate of drug-likeness (QED) is 0.600. The minimum absolute atomic E-state index is 0.0269. The van der Waals surface area contributed by atoms with Crippen molar-refractivity contribution in [1.29, 1.82) is 0 Å². The SMILES string of the molecule is CC(C)N1C(=O)/C(=C/C=C/c2ccccc2)C(=O)N(Cc2ccco2)C1=O. The molecule has 1 saturated heterocycles. The number of rotatable bonds is 5. The zero-order chi connectivity index (χ0) is 19.4. The van der Waals surface area contributed by atoms with E-state index in [1.54, 1.807) is 38.1 Å². The van der Waals surface area contributed by atoms with Gasteiger partial charge in [0.15, 0.2) is 0 Å². The van der Waals surface area contributed by atoms with Gasteiger partial charge in [-0.15, -0.1) is 0 Å². The molecule has 0 radical (unpaired) electrons. The van der Waals surface area contributed by atoms with Crippen LogP contribution in [-0.2, 0) is 16.1 Å². The van der Waals surface area contributed by atoms with Gasteiger partial charge in [-0.25, -0.2) is 4.79 Å². The van der Waals surface area contributed by atoms with Crippen LogP contribution in [-0.4, -0.2) is 33.7 Å². The minimum atomic E-state index is -0.638. The van der Waals surface area contributed by atoms with Crippen LogP contribution in [0.1, 0.15) is 25.2 Å². The first-order chi connectivity index (χ1) is 13.0. The molecule has 3 rings (SSSR count). The third-order valence-electron chi connectivity index (χ3n) is 4.12. The highest BCUT2D eigenvalue weighted by atomic mass is 16.3. The highest BCUT2D eigenvalue weighted by Gasteiger charge is 2.43. The topological polar surface area (TPSA) is 70.8 Å². The third kappa shape index (κ3) is 3.89. The van der Waals surface area contributed by atoms with Crippen LogP contribution in [0.2, 0.25) is 0 Å². The van der Waals surface area contributed by atoms with Crippen LogP contribution < -0.4 is 0 Å². The van der Waals surface area contributed by atoms with Crippen molar-refractivity contribution >= 4 is 23.9 Å². The summed E-state index contributed by atoms with van der Waals surface area (Å²) < 4.78 is 5.25. The molecule has 2 aromatic rings. The summed E-state index contributed by atoms with van der Waals surface area (Å²) >= 11 is 0. The normalized spacial score (nSPS) is 17.0. The molecule has 0 N–H and O–H groups in total. The molecule has 6 heteroatoms. The number of nitrogens with zero attached hydrogens (tertiary/aromatic N) is 2. The molecule has 0 bridgehead atoms. The summed E-state index contributed by atoms with van der Waals surface area (Å²) in [4.78, 5) is 40.3. The Kier molecular flexibility index (Phi) is 5.35. The molecule has 1 aliphatic heterocycles. The zero-order valence-corrected chi connectivity index (χ0v) is 15.2. The van der Waals surface area contributed by atoms with Gasteiger partial charge in [-0.05, 0) is 37.6 Å². The summed E-state index contributed by atoms with van der Waals surface area (Å²) in [6, 6.07) is 11.9. The van der Waals surface area contributed by atoms with Gasteiger partial charge in [0.25, 0.3) is 11.8 Å². The maximum Gasteiger partial charge on any atom is 0.334 e. The van der Waals surface area contributed by atoms with Crippen LogP contribution in [0.5, 0.6) is 0 Å². The Balaban J connectivity index is 1.92. The van der Waals surface area contributed by atoms with Gasteiger partial charge in [-0.2, -0.15) is 0 Å². The summed E-state index contributed by atoms with van der Waals surface area (Å²) in [5.74, 6) is -0.752. The summed E-state index contributed by atoms with van der Waals surface area (Å²) in [7, 11) is 0. The van der Waals surface area contributed by atoms with E-state index in [1.165, 1.54) is 12.3 Å². The second kappa shape index (κ2) is 7.86. The van der Waals surface area contributed by atoms with E-state index >= 15 is 0 Å². The van der Waals surface area contributed by atoms with Crippen molar-refractivity contribution in [3.8, 4) is 0 Å². The number of hydrogen-bond acceptors (Lipinski definition) is 4. The molecule has 0 aliphatic carbocycles. The fraction of sp³-hybridized carbons (Fsp3) is 0.190. The number of carbonyl (C=O) groups excluding carboxylic acids is 3. The highest BCUT2D eigenvalue weighted by molar-refractivity contribution is 6.28. The number of carbonyl (C=O) groups is 3. The van der Waals surface area contributed by atoms with Gasteiger partial charge in [-0.1, -0.05) is 42.5 Å². The Labute approximate surface area is 157 Å². The van der Waals surface area contributed by atoms with Crippen molar-refractivity contribution in [2.24, 2.45) is 0 Å². The lowest BCUT2D eigenvalue weighted by Crippen LogP contribution is -2.58. The van der Waals surface area contributed by atoms with Gasteiger partial charge < -0.3 is 4.42 Å². The van der Waals surface area contributed by atoms with Crippen molar-refractivity contribution in [2.75, 3.05) is 0 Å². The molecule has 4 amide bonds. The Morgan fingerprint density at radius 1 is 1.00 bits per heavy atom. The predicted molar refractivity (Wildman–Crippen MR) is 100 cm³/mol. The molecule has 1 aromatic heterocycles. The van der Waals surface area contributed by atoms with Crippen molar-refractivity contribution < 1.29 is 18.8 Å². The maximum absolute atomic E-state index is 12.8. The summed E-state index contributed by atoms with van der Waals surface area (Å²) in [5.41, 5.74) is 0.885. The van der Waals surface area contributed by atoms with Crippen LogP contribution in [0.4, 0.5) is 4.79 Å². The van der Waals surface area contributed by atoms with Crippen LogP contribution in [0.25, 0.3) is 6.08 Å². The zero-order valence-electron chi connectivity index (χ0n) is 15.2. The highest BCUT2D eigenvalue weighted by Crippen LogP contribution is 2.22. The third-order valence-corrected chi connectivity index (χ3v) is 4.12. The molecule has 0 spiro atoms. The van der Waals surface area contributed by atoms with Gasteiger partial charge in [0, 0.05) is 6.04 Å². The smallest absolute Gasteiger partial charge is 0.334 e. The standard InChI is InChI=1S/C21H20N2O4/c1-15(2)23-20(25)18(12-6-10-16-8-4-3-5-9-16)19(24)22(21(23)26)14-17-11-7-13-27-17/h3-13,15H,14H2,1-2H3/b10-6+,18-12+. The Morgan fingerprint density at radius 3 is 2.37 bits per heavy atom. The van der Waals surface area contributed by atoms with Gasteiger partial charge in [0.2, 0.25) is 0 Å². The van der Waals surface area contributed by atoms with E-state index in [2.05, 4.69) is 0 Å². The van der Waals surface area contributed by atoms with Gasteiger partial charge in [0.1, 0.15) is 11.3 Å². The fourth-order valence-electron chi connectivity index (χ4n) is 2.79. The number of benzene rings is 1. The average molecular weight is 364 g/mol. The maximum atomic E-state index is 12.8. The molecule has 6 nitrogen and oxygen atoms in total. The first kappa shape index (κ1) is 18.4. The average Bonchev–Trinajstić information content (AvgIpc) is 3.15. The summed E-state index contributed by atoms with van der Waals surface area (Å²) in [5, 5.41) is 0. The van der Waals surface area contributed by atoms with Crippen molar-refractivity contribution in [3.63, 3.8) is 0 Å². The molecule has 2 heterocycles. The predicted octanol–water partition coefficient (Wildman–Crippen LogP) is 3.62. The molecule has 0 atom stereocenters. The van der Waals surface area contributed by atoms with Crippen molar-refractivity contribution in [2.45, 2.75) is 26.4 Å². The molecule has 1 aromatic carbocycles. The molecule has 0 saturated carbocycles. The second-order valence-electron chi connectivity index (χ2n) is 6.37. The van der Waals surface area contributed by atoms with Gasteiger partial charge in [-0.3, -0.25) is 19.4 Å². The van der Waals surface area contributed by atoms with Crippen LogP contribution >= 0.6 is 0 Å².